The van der Waals surface area contributed by atoms with E-state index in [4.69, 9.17) is 17.2 Å². The molecule has 216 valence electrons. The van der Waals surface area contributed by atoms with Gasteiger partial charge in [-0.2, -0.15) is 11.8 Å². The van der Waals surface area contributed by atoms with Crippen LogP contribution in [0.1, 0.15) is 37.7 Å². The van der Waals surface area contributed by atoms with E-state index in [0.29, 0.717) is 37.0 Å². The Labute approximate surface area is 231 Å². The average molecular weight is 566 g/mol. The molecular weight excluding hydrogens is 526 g/mol. The molecule has 13 nitrogen and oxygen atoms in total. The molecule has 39 heavy (non-hydrogen) atoms. The highest BCUT2D eigenvalue weighted by Gasteiger charge is 2.38. The van der Waals surface area contributed by atoms with Crippen molar-refractivity contribution < 1.29 is 29.4 Å². The summed E-state index contributed by atoms with van der Waals surface area (Å²) >= 11 is 1.54. The number of carboxylic acid groups (broad SMARTS) is 1. The third-order valence-corrected chi connectivity index (χ3v) is 7.00. The van der Waals surface area contributed by atoms with Crippen LogP contribution in [-0.2, 0) is 25.6 Å². The van der Waals surface area contributed by atoms with Gasteiger partial charge in [0.15, 0.2) is 5.96 Å². The molecule has 1 saturated heterocycles. The van der Waals surface area contributed by atoms with Crippen molar-refractivity contribution in [3.05, 3.63) is 29.8 Å². The number of carboxylic acids is 1. The van der Waals surface area contributed by atoms with Gasteiger partial charge in [0.05, 0.1) is 6.04 Å². The van der Waals surface area contributed by atoms with E-state index in [2.05, 4.69) is 15.6 Å². The van der Waals surface area contributed by atoms with Crippen LogP contribution in [0.2, 0.25) is 0 Å². The standard InChI is InChI=1S/C25H39N7O6S/c1-39-13-10-17(26)21(34)31-19(14-15-6-8-16(33)9-7-15)22(35)30-18(4-2-11-29-25(27)28)23(36)32-12-3-5-20(32)24(37)38/h6-9,17-20,33H,2-5,10-14,26H2,1H3,(H,30,35)(H,31,34)(H,37,38)(H4,27,28,29). The normalized spacial score (nSPS) is 17.1. The summed E-state index contributed by atoms with van der Waals surface area (Å²) in [4.78, 5) is 56.6. The molecule has 1 aliphatic heterocycles. The van der Waals surface area contributed by atoms with E-state index in [-0.39, 0.29) is 37.6 Å². The van der Waals surface area contributed by atoms with Crippen LogP contribution in [0, 0.1) is 0 Å². The second-order valence-corrected chi connectivity index (χ2v) is 10.3. The number of aliphatic imine (C=N–C) groups is 1. The number of hydrogen-bond donors (Lipinski definition) is 7. The lowest BCUT2D eigenvalue weighted by atomic mass is 10.0. The molecule has 1 aromatic carbocycles. The van der Waals surface area contributed by atoms with Crippen molar-refractivity contribution >= 4 is 41.4 Å². The molecule has 0 spiro atoms. The molecule has 1 heterocycles. The van der Waals surface area contributed by atoms with E-state index in [1.165, 1.54) is 17.0 Å². The number of aromatic hydroxyl groups is 1. The number of phenolic OH excluding ortho intramolecular Hbond substituents is 1. The number of benzene rings is 1. The Morgan fingerprint density at radius 1 is 1.10 bits per heavy atom. The number of thioether (sulfide) groups is 1. The molecular formula is C25H39N7O6S. The predicted molar refractivity (Wildman–Crippen MR) is 149 cm³/mol. The van der Waals surface area contributed by atoms with Crippen molar-refractivity contribution in [3.63, 3.8) is 0 Å². The number of nitrogens with two attached hydrogens (primary N) is 3. The van der Waals surface area contributed by atoms with Gasteiger partial charge in [0.1, 0.15) is 23.9 Å². The quantitative estimate of drug-likeness (QED) is 0.0788. The van der Waals surface area contributed by atoms with Gasteiger partial charge in [-0.3, -0.25) is 19.4 Å². The fourth-order valence-corrected chi connectivity index (χ4v) is 4.74. The minimum absolute atomic E-state index is 0.0490. The number of phenols is 1. The number of hydrogen-bond acceptors (Lipinski definition) is 8. The van der Waals surface area contributed by atoms with E-state index in [1.54, 1.807) is 23.9 Å². The van der Waals surface area contributed by atoms with E-state index in [9.17, 15) is 29.4 Å². The van der Waals surface area contributed by atoms with Crippen LogP contribution in [0.3, 0.4) is 0 Å². The molecule has 2 rings (SSSR count). The lowest BCUT2D eigenvalue weighted by Crippen LogP contribution is -2.57. The number of carbonyl (C=O) groups excluding carboxylic acids is 3. The van der Waals surface area contributed by atoms with E-state index in [1.807, 2.05) is 6.26 Å². The summed E-state index contributed by atoms with van der Waals surface area (Å²) in [5.74, 6) is -2.16. The summed E-state index contributed by atoms with van der Waals surface area (Å²) < 4.78 is 0. The number of amides is 3. The van der Waals surface area contributed by atoms with Gasteiger partial charge in [-0.1, -0.05) is 12.1 Å². The number of aliphatic carboxylic acids is 1. The molecule has 10 N–H and O–H groups in total. The SMILES string of the molecule is CSCCC(N)C(=O)NC(Cc1ccc(O)cc1)C(=O)NC(CCCN=C(N)N)C(=O)N1CCCC1C(=O)O. The van der Waals surface area contributed by atoms with Crippen molar-refractivity contribution in [2.45, 2.75) is 62.7 Å². The molecule has 1 aliphatic rings. The highest BCUT2D eigenvalue weighted by molar-refractivity contribution is 7.98. The van der Waals surface area contributed by atoms with Crippen LogP contribution in [0.4, 0.5) is 0 Å². The topological polar surface area (TPSA) is 226 Å². The highest BCUT2D eigenvalue weighted by atomic mass is 32.2. The van der Waals surface area contributed by atoms with Crippen molar-refractivity contribution in [1.82, 2.24) is 15.5 Å². The van der Waals surface area contributed by atoms with Gasteiger partial charge in [-0.25, -0.2) is 4.79 Å². The molecule has 0 aliphatic carbocycles. The maximum Gasteiger partial charge on any atom is 0.326 e. The fraction of sp³-hybridized carbons (Fsp3) is 0.560. The van der Waals surface area contributed by atoms with Crippen molar-refractivity contribution in [2.24, 2.45) is 22.2 Å². The van der Waals surface area contributed by atoms with Gasteiger partial charge in [0.2, 0.25) is 17.7 Å². The van der Waals surface area contributed by atoms with E-state index < -0.39 is 47.9 Å². The summed E-state index contributed by atoms with van der Waals surface area (Å²) in [7, 11) is 0. The zero-order valence-corrected chi connectivity index (χ0v) is 22.9. The first-order valence-electron chi connectivity index (χ1n) is 12.7. The molecule has 3 amide bonds. The molecule has 1 aromatic rings. The lowest BCUT2D eigenvalue weighted by molar-refractivity contribution is -0.149. The highest BCUT2D eigenvalue weighted by Crippen LogP contribution is 2.20. The second kappa shape index (κ2) is 15.8. The van der Waals surface area contributed by atoms with Gasteiger partial charge in [-0.05, 0) is 61.8 Å². The van der Waals surface area contributed by atoms with Gasteiger partial charge >= 0.3 is 5.97 Å². The minimum atomic E-state index is -1.11. The number of guanidine groups is 1. The number of carbonyl (C=O) groups is 4. The fourth-order valence-electron chi connectivity index (χ4n) is 4.25. The number of nitrogens with zero attached hydrogens (tertiary/aromatic N) is 2. The van der Waals surface area contributed by atoms with Gasteiger partial charge < -0.3 is 42.9 Å². The monoisotopic (exact) mass is 565 g/mol. The number of nitrogens with one attached hydrogen (secondary N) is 2. The van der Waals surface area contributed by atoms with Gasteiger partial charge in [0, 0.05) is 19.5 Å². The molecule has 0 radical (unpaired) electrons. The maximum atomic E-state index is 13.5. The summed E-state index contributed by atoms with van der Waals surface area (Å²) in [6, 6.07) is 2.23. The third-order valence-electron chi connectivity index (χ3n) is 6.36. The van der Waals surface area contributed by atoms with Crippen LogP contribution in [0.25, 0.3) is 0 Å². The largest absolute Gasteiger partial charge is 0.508 e. The summed E-state index contributed by atoms with van der Waals surface area (Å²) in [6.07, 6.45) is 3.73. The zero-order chi connectivity index (χ0) is 28.9. The Balaban J connectivity index is 2.25. The molecule has 4 atom stereocenters. The molecule has 14 heteroatoms. The Bertz CT molecular complexity index is 1020. The Morgan fingerprint density at radius 2 is 1.77 bits per heavy atom. The van der Waals surface area contributed by atoms with Crippen LogP contribution in [0.5, 0.6) is 5.75 Å². The molecule has 1 fully saturated rings. The minimum Gasteiger partial charge on any atom is -0.508 e. The van der Waals surface area contributed by atoms with Crippen LogP contribution in [-0.4, -0.2) is 94.0 Å². The average Bonchev–Trinajstić information content (AvgIpc) is 3.39. The van der Waals surface area contributed by atoms with Gasteiger partial charge in [0.25, 0.3) is 0 Å². The Kier molecular flexibility index (Phi) is 12.8. The van der Waals surface area contributed by atoms with E-state index >= 15 is 0 Å². The first-order chi connectivity index (χ1) is 18.5. The van der Waals surface area contributed by atoms with E-state index in [0.717, 1.165) is 0 Å². The number of likely N-dealkylation sites (tertiary alicyclic amines) is 1. The van der Waals surface area contributed by atoms with Crippen LogP contribution >= 0.6 is 11.8 Å². The Morgan fingerprint density at radius 3 is 2.38 bits per heavy atom. The molecule has 0 saturated carbocycles. The van der Waals surface area contributed by atoms with Crippen LogP contribution < -0.4 is 27.8 Å². The van der Waals surface area contributed by atoms with Gasteiger partial charge in [-0.15, -0.1) is 0 Å². The smallest absolute Gasteiger partial charge is 0.326 e. The third kappa shape index (κ3) is 10.3. The zero-order valence-electron chi connectivity index (χ0n) is 22.0. The van der Waals surface area contributed by atoms with Crippen molar-refractivity contribution in [1.29, 1.82) is 0 Å². The molecule has 0 bridgehead atoms. The predicted octanol–water partition coefficient (Wildman–Crippen LogP) is -0.886. The van der Waals surface area contributed by atoms with Crippen molar-refractivity contribution in [2.75, 3.05) is 25.1 Å². The van der Waals surface area contributed by atoms with Crippen LogP contribution in [0.15, 0.2) is 29.3 Å². The summed E-state index contributed by atoms with van der Waals surface area (Å²) in [6.45, 7) is 0.469. The summed E-state index contributed by atoms with van der Waals surface area (Å²) in [5.41, 5.74) is 17.4. The Hall–Kier alpha value is -3.52. The first kappa shape index (κ1) is 31.7. The lowest BCUT2D eigenvalue weighted by Gasteiger charge is -2.29. The number of rotatable bonds is 15. The summed E-state index contributed by atoms with van der Waals surface area (Å²) in [5, 5.41) is 24.6. The maximum absolute atomic E-state index is 13.5. The first-order valence-corrected chi connectivity index (χ1v) is 14.1. The second-order valence-electron chi connectivity index (χ2n) is 9.36. The van der Waals surface area contributed by atoms with Crippen molar-refractivity contribution in [3.8, 4) is 5.75 Å². The molecule has 4 unspecified atom stereocenters. The molecule has 0 aromatic heterocycles.